The highest BCUT2D eigenvalue weighted by atomic mass is 35.5. The summed E-state index contributed by atoms with van der Waals surface area (Å²) in [6.45, 7) is 0.644. The van der Waals surface area contributed by atoms with Crippen molar-refractivity contribution in [1.29, 1.82) is 0 Å². The third-order valence-electron chi connectivity index (χ3n) is 3.06. The number of carbonyl (C=O) groups excluding carboxylic acids is 1. The molecule has 0 atom stereocenters. The highest BCUT2D eigenvalue weighted by Crippen LogP contribution is 2.29. The maximum Gasteiger partial charge on any atom is 0.335 e. The van der Waals surface area contributed by atoms with Crippen LogP contribution in [0.25, 0.3) is 0 Å². The summed E-state index contributed by atoms with van der Waals surface area (Å²) in [6, 6.07) is 4.47. The Morgan fingerprint density at radius 3 is 2.72 bits per heavy atom. The number of anilines is 1. The largest absolute Gasteiger partial charge is 0.478 e. The van der Waals surface area contributed by atoms with Gasteiger partial charge in [-0.3, -0.25) is 4.79 Å². The number of aromatic carboxylic acids is 1. The normalized spacial score (nSPS) is 16.5. The SMILES string of the molecule is O=C(O)c1ccc(N2CCCCCC2=O)c(Cl)c1. The van der Waals surface area contributed by atoms with Crippen LogP contribution < -0.4 is 4.90 Å². The first-order chi connectivity index (χ1) is 8.59. The molecule has 1 heterocycles. The molecule has 0 aliphatic carbocycles. The molecule has 0 radical (unpaired) electrons. The fourth-order valence-electron chi connectivity index (χ4n) is 2.10. The lowest BCUT2D eigenvalue weighted by atomic mass is 10.2. The van der Waals surface area contributed by atoms with Gasteiger partial charge in [-0.05, 0) is 31.0 Å². The van der Waals surface area contributed by atoms with E-state index in [1.165, 1.54) is 12.1 Å². The Morgan fingerprint density at radius 2 is 2.06 bits per heavy atom. The average molecular weight is 268 g/mol. The van der Waals surface area contributed by atoms with Crippen molar-refractivity contribution in [3.8, 4) is 0 Å². The van der Waals surface area contributed by atoms with Gasteiger partial charge >= 0.3 is 5.97 Å². The molecule has 1 saturated heterocycles. The van der Waals surface area contributed by atoms with Crippen LogP contribution in [0.4, 0.5) is 5.69 Å². The quantitative estimate of drug-likeness (QED) is 0.896. The van der Waals surface area contributed by atoms with Crippen LogP contribution in [0.15, 0.2) is 18.2 Å². The van der Waals surface area contributed by atoms with Crippen LogP contribution in [-0.4, -0.2) is 23.5 Å². The second-order valence-electron chi connectivity index (χ2n) is 4.33. The van der Waals surface area contributed by atoms with Crippen LogP contribution in [0.5, 0.6) is 0 Å². The van der Waals surface area contributed by atoms with E-state index in [-0.39, 0.29) is 11.5 Å². The molecule has 96 valence electrons. The Labute approximate surface area is 110 Å². The summed E-state index contributed by atoms with van der Waals surface area (Å²) in [5.41, 5.74) is 0.736. The van der Waals surface area contributed by atoms with Crippen molar-refractivity contribution in [3.05, 3.63) is 28.8 Å². The average Bonchev–Trinajstić information content (AvgIpc) is 2.54. The molecule has 5 heteroatoms. The molecule has 2 rings (SSSR count). The van der Waals surface area contributed by atoms with Crippen molar-refractivity contribution >= 4 is 29.2 Å². The Bertz CT molecular complexity index is 487. The molecular weight excluding hydrogens is 254 g/mol. The number of carboxylic acids is 1. The first-order valence-corrected chi connectivity index (χ1v) is 6.30. The van der Waals surface area contributed by atoms with Crippen molar-refractivity contribution < 1.29 is 14.7 Å². The Morgan fingerprint density at radius 1 is 1.28 bits per heavy atom. The van der Waals surface area contributed by atoms with Crippen LogP contribution in [0.3, 0.4) is 0 Å². The molecule has 1 fully saturated rings. The van der Waals surface area contributed by atoms with Gasteiger partial charge in [0.25, 0.3) is 0 Å². The number of carboxylic acid groups (broad SMARTS) is 1. The number of rotatable bonds is 2. The number of hydrogen-bond donors (Lipinski definition) is 1. The lowest BCUT2D eigenvalue weighted by Crippen LogP contribution is -2.30. The van der Waals surface area contributed by atoms with Crippen LogP contribution in [-0.2, 0) is 4.79 Å². The van der Waals surface area contributed by atoms with E-state index in [1.54, 1.807) is 11.0 Å². The van der Waals surface area contributed by atoms with E-state index in [0.717, 1.165) is 19.3 Å². The van der Waals surface area contributed by atoms with Crippen LogP contribution in [0, 0.1) is 0 Å². The van der Waals surface area contributed by atoms with Gasteiger partial charge < -0.3 is 10.0 Å². The summed E-state index contributed by atoms with van der Waals surface area (Å²) in [4.78, 5) is 24.4. The van der Waals surface area contributed by atoms with Gasteiger partial charge in [-0.1, -0.05) is 18.0 Å². The van der Waals surface area contributed by atoms with Crippen molar-refractivity contribution in [1.82, 2.24) is 0 Å². The van der Waals surface area contributed by atoms with Gasteiger partial charge in [0, 0.05) is 13.0 Å². The van der Waals surface area contributed by atoms with E-state index >= 15 is 0 Å². The molecule has 0 saturated carbocycles. The molecule has 1 amide bonds. The lowest BCUT2D eigenvalue weighted by molar-refractivity contribution is -0.118. The molecule has 1 aromatic rings. The predicted octanol–water partition coefficient (Wildman–Crippen LogP) is 2.95. The summed E-state index contributed by atoms with van der Waals surface area (Å²) in [6.07, 6.45) is 3.41. The van der Waals surface area contributed by atoms with Crippen molar-refractivity contribution in [2.24, 2.45) is 0 Å². The maximum absolute atomic E-state index is 11.9. The number of benzene rings is 1. The Hall–Kier alpha value is -1.55. The topological polar surface area (TPSA) is 57.6 Å². The second kappa shape index (κ2) is 5.40. The Balaban J connectivity index is 2.32. The van der Waals surface area contributed by atoms with Gasteiger partial charge in [-0.2, -0.15) is 0 Å². The van der Waals surface area contributed by atoms with Crippen molar-refractivity contribution in [3.63, 3.8) is 0 Å². The number of carbonyl (C=O) groups is 2. The fraction of sp³-hybridized carbons (Fsp3) is 0.385. The highest BCUT2D eigenvalue weighted by molar-refractivity contribution is 6.34. The number of hydrogen-bond acceptors (Lipinski definition) is 2. The van der Waals surface area contributed by atoms with E-state index in [2.05, 4.69) is 0 Å². The molecule has 0 bridgehead atoms. The third kappa shape index (κ3) is 2.64. The molecule has 0 aromatic heterocycles. The molecule has 1 aliphatic heterocycles. The van der Waals surface area contributed by atoms with Crippen LogP contribution in [0.1, 0.15) is 36.0 Å². The van der Waals surface area contributed by atoms with Gasteiger partial charge in [0.15, 0.2) is 0 Å². The molecule has 4 nitrogen and oxygen atoms in total. The summed E-state index contributed by atoms with van der Waals surface area (Å²) >= 11 is 6.07. The first-order valence-electron chi connectivity index (χ1n) is 5.93. The van der Waals surface area contributed by atoms with E-state index in [1.807, 2.05) is 0 Å². The van der Waals surface area contributed by atoms with Gasteiger partial charge in [-0.15, -0.1) is 0 Å². The lowest BCUT2D eigenvalue weighted by Gasteiger charge is -2.22. The maximum atomic E-state index is 11.9. The molecular formula is C13H14ClNO3. The molecule has 1 aromatic carbocycles. The summed E-state index contributed by atoms with van der Waals surface area (Å²) in [5.74, 6) is -0.969. The van der Waals surface area contributed by atoms with E-state index in [9.17, 15) is 9.59 Å². The number of amides is 1. The molecule has 1 N–H and O–H groups in total. The van der Waals surface area contributed by atoms with Gasteiger partial charge in [0.05, 0.1) is 16.3 Å². The number of nitrogens with zero attached hydrogens (tertiary/aromatic N) is 1. The molecule has 1 aliphatic rings. The third-order valence-corrected chi connectivity index (χ3v) is 3.36. The van der Waals surface area contributed by atoms with Gasteiger partial charge in [-0.25, -0.2) is 4.79 Å². The zero-order valence-corrected chi connectivity index (χ0v) is 10.6. The van der Waals surface area contributed by atoms with Crippen molar-refractivity contribution in [2.75, 3.05) is 11.4 Å². The van der Waals surface area contributed by atoms with E-state index in [0.29, 0.717) is 23.7 Å². The predicted molar refractivity (Wildman–Crippen MR) is 69.2 cm³/mol. The molecule has 0 unspecified atom stereocenters. The van der Waals surface area contributed by atoms with Crippen LogP contribution in [0.2, 0.25) is 5.02 Å². The second-order valence-corrected chi connectivity index (χ2v) is 4.73. The van der Waals surface area contributed by atoms with Crippen molar-refractivity contribution in [2.45, 2.75) is 25.7 Å². The summed E-state index contributed by atoms with van der Waals surface area (Å²) in [7, 11) is 0. The molecule has 18 heavy (non-hydrogen) atoms. The minimum atomic E-state index is -1.02. The zero-order chi connectivity index (χ0) is 13.1. The number of halogens is 1. The van der Waals surface area contributed by atoms with Crippen LogP contribution >= 0.6 is 11.6 Å². The minimum absolute atomic E-state index is 0.0532. The standard InChI is InChI=1S/C13H14ClNO3/c14-10-8-9(13(17)18)5-6-11(10)15-7-3-1-2-4-12(15)16/h5-6,8H,1-4,7H2,(H,17,18). The Kier molecular flexibility index (Phi) is 3.87. The minimum Gasteiger partial charge on any atom is -0.478 e. The smallest absolute Gasteiger partial charge is 0.335 e. The van der Waals surface area contributed by atoms with E-state index in [4.69, 9.17) is 16.7 Å². The van der Waals surface area contributed by atoms with Gasteiger partial charge in [0.1, 0.15) is 0 Å². The zero-order valence-electron chi connectivity index (χ0n) is 9.86. The molecule has 0 spiro atoms. The monoisotopic (exact) mass is 267 g/mol. The fourth-order valence-corrected chi connectivity index (χ4v) is 2.38. The van der Waals surface area contributed by atoms with Gasteiger partial charge in [0.2, 0.25) is 5.91 Å². The first kappa shape index (κ1) is 12.9. The van der Waals surface area contributed by atoms with E-state index < -0.39 is 5.97 Å². The summed E-state index contributed by atoms with van der Waals surface area (Å²) in [5, 5.41) is 9.18. The summed E-state index contributed by atoms with van der Waals surface area (Å²) < 4.78 is 0. The highest BCUT2D eigenvalue weighted by Gasteiger charge is 2.20.